The summed E-state index contributed by atoms with van der Waals surface area (Å²) in [4.78, 5) is 1.83. The van der Waals surface area contributed by atoms with E-state index in [4.69, 9.17) is 5.73 Å². The third-order valence-corrected chi connectivity index (χ3v) is 5.55. The molecule has 0 unspecified atom stereocenters. The lowest BCUT2D eigenvalue weighted by Crippen LogP contribution is -2.57. The van der Waals surface area contributed by atoms with Crippen LogP contribution in [0.15, 0.2) is 23.1 Å². The van der Waals surface area contributed by atoms with Gasteiger partial charge < -0.3 is 10.6 Å². The fourth-order valence-electron chi connectivity index (χ4n) is 2.42. The summed E-state index contributed by atoms with van der Waals surface area (Å²) in [7, 11) is 0.0710. The molecule has 112 valence electrons. The quantitative estimate of drug-likeness (QED) is 0.801. The average Bonchev–Trinajstić information content (AvgIpc) is 2.30. The van der Waals surface area contributed by atoms with Crippen molar-refractivity contribution in [2.45, 2.75) is 29.7 Å². The van der Waals surface area contributed by atoms with Crippen molar-refractivity contribution in [3.05, 3.63) is 24.0 Å². The van der Waals surface area contributed by atoms with E-state index < -0.39 is 15.8 Å². The summed E-state index contributed by atoms with van der Waals surface area (Å²) in [5.41, 5.74) is 5.53. The molecule has 2 rings (SSSR count). The number of nitrogen functional groups attached to an aromatic ring is 1. The van der Waals surface area contributed by atoms with Gasteiger partial charge in [-0.05, 0) is 51.6 Å². The van der Waals surface area contributed by atoms with E-state index in [0.717, 1.165) is 31.4 Å². The summed E-state index contributed by atoms with van der Waals surface area (Å²) in [5.74, 6) is -0.620. The van der Waals surface area contributed by atoms with Crippen LogP contribution in [0.5, 0.6) is 0 Å². The molecule has 0 atom stereocenters. The topological polar surface area (TPSA) is 75.4 Å². The molecule has 5 nitrogen and oxygen atoms in total. The molecule has 0 amide bonds. The number of hydrogen-bond donors (Lipinski definition) is 2. The summed E-state index contributed by atoms with van der Waals surface area (Å²) in [6.07, 6.45) is 2.98. The standard InChI is InChI=1S/C13H20FN3O2S/c1-17(2)13(6-3-7-13)9-16-20(18,19)12-8-10(14)4-5-11(12)15/h4-5,8,16H,3,6-7,9,15H2,1-2H3. The fourth-order valence-corrected chi connectivity index (χ4v) is 3.68. The number of rotatable bonds is 5. The molecule has 1 aliphatic carbocycles. The Kier molecular flexibility index (Phi) is 4.04. The number of nitrogens with one attached hydrogen (secondary N) is 1. The van der Waals surface area contributed by atoms with Crippen LogP contribution in [0.2, 0.25) is 0 Å². The molecule has 1 fully saturated rings. The monoisotopic (exact) mass is 301 g/mol. The smallest absolute Gasteiger partial charge is 0.242 e. The summed E-state index contributed by atoms with van der Waals surface area (Å²) in [6.45, 7) is 0.304. The molecule has 0 aromatic heterocycles. The van der Waals surface area contributed by atoms with E-state index >= 15 is 0 Å². The van der Waals surface area contributed by atoms with Gasteiger partial charge in [-0.15, -0.1) is 0 Å². The third kappa shape index (κ3) is 2.79. The highest BCUT2D eigenvalue weighted by atomic mass is 32.2. The summed E-state index contributed by atoms with van der Waals surface area (Å²) in [6, 6.07) is 3.34. The Morgan fingerprint density at radius 3 is 2.55 bits per heavy atom. The van der Waals surface area contributed by atoms with E-state index in [2.05, 4.69) is 4.72 Å². The van der Waals surface area contributed by atoms with E-state index in [0.29, 0.717) is 6.54 Å². The molecule has 0 heterocycles. The Balaban J connectivity index is 2.17. The molecular weight excluding hydrogens is 281 g/mol. The number of halogens is 1. The molecule has 0 saturated heterocycles. The van der Waals surface area contributed by atoms with Crippen molar-refractivity contribution < 1.29 is 12.8 Å². The van der Waals surface area contributed by atoms with Gasteiger partial charge in [0.25, 0.3) is 0 Å². The molecular formula is C13H20FN3O2S. The van der Waals surface area contributed by atoms with E-state index in [9.17, 15) is 12.8 Å². The number of hydrogen-bond acceptors (Lipinski definition) is 4. The van der Waals surface area contributed by atoms with E-state index in [1.807, 2.05) is 19.0 Å². The van der Waals surface area contributed by atoms with Crippen LogP contribution in [0.25, 0.3) is 0 Å². The summed E-state index contributed by atoms with van der Waals surface area (Å²) in [5, 5.41) is 0. The maximum absolute atomic E-state index is 13.2. The Labute approximate surface area is 119 Å². The first-order valence-corrected chi connectivity index (χ1v) is 7.97. The van der Waals surface area contributed by atoms with Gasteiger partial charge >= 0.3 is 0 Å². The first-order valence-electron chi connectivity index (χ1n) is 6.49. The Hall–Kier alpha value is -1.18. The molecule has 1 aromatic rings. The van der Waals surface area contributed by atoms with Crippen LogP contribution in [-0.4, -0.2) is 39.5 Å². The highest BCUT2D eigenvalue weighted by Crippen LogP contribution is 2.35. The SMILES string of the molecule is CN(C)C1(CNS(=O)(=O)c2cc(F)ccc2N)CCC1. The molecule has 3 N–H and O–H groups in total. The molecule has 0 spiro atoms. The van der Waals surface area contributed by atoms with Crippen molar-refractivity contribution >= 4 is 15.7 Å². The molecule has 20 heavy (non-hydrogen) atoms. The van der Waals surface area contributed by atoms with Crippen molar-refractivity contribution in [3.8, 4) is 0 Å². The molecule has 0 aliphatic heterocycles. The van der Waals surface area contributed by atoms with Crippen molar-refractivity contribution in [2.75, 3.05) is 26.4 Å². The van der Waals surface area contributed by atoms with Gasteiger partial charge in [0, 0.05) is 12.1 Å². The second-order valence-electron chi connectivity index (χ2n) is 5.48. The molecule has 7 heteroatoms. The lowest BCUT2D eigenvalue weighted by molar-refractivity contribution is 0.0657. The first kappa shape index (κ1) is 15.2. The van der Waals surface area contributed by atoms with Crippen LogP contribution in [0.3, 0.4) is 0 Å². The van der Waals surface area contributed by atoms with Crippen molar-refractivity contribution in [3.63, 3.8) is 0 Å². The van der Waals surface area contributed by atoms with Crippen molar-refractivity contribution in [2.24, 2.45) is 0 Å². The van der Waals surface area contributed by atoms with Crippen LogP contribution in [0.4, 0.5) is 10.1 Å². The van der Waals surface area contributed by atoms with E-state index in [1.165, 1.54) is 6.07 Å². The highest BCUT2D eigenvalue weighted by Gasteiger charge is 2.40. The van der Waals surface area contributed by atoms with Gasteiger partial charge in [-0.25, -0.2) is 17.5 Å². The maximum atomic E-state index is 13.2. The van der Waals surface area contributed by atoms with Gasteiger partial charge in [0.05, 0.1) is 5.69 Å². The zero-order valence-electron chi connectivity index (χ0n) is 11.7. The number of sulfonamides is 1. The maximum Gasteiger partial charge on any atom is 0.242 e. The Bertz CT molecular complexity index is 598. The normalized spacial score (nSPS) is 18.0. The second kappa shape index (κ2) is 5.31. The zero-order valence-corrected chi connectivity index (χ0v) is 12.5. The number of likely N-dealkylation sites (N-methyl/N-ethyl adjacent to an activating group) is 1. The minimum atomic E-state index is -3.80. The van der Waals surface area contributed by atoms with Crippen molar-refractivity contribution in [1.29, 1.82) is 0 Å². The average molecular weight is 301 g/mol. The van der Waals surface area contributed by atoms with Crippen molar-refractivity contribution in [1.82, 2.24) is 9.62 Å². The fraction of sp³-hybridized carbons (Fsp3) is 0.538. The zero-order chi connectivity index (χ0) is 15.0. The minimum absolute atomic E-state index is 0.0476. The molecule has 1 aliphatic rings. The van der Waals surface area contributed by atoms with Crippen LogP contribution >= 0.6 is 0 Å². The van der Waals surface area contributed by atoms with Gasteiger partial charge in [0.1, 0.15) is 10.7 Å². The lowest BCUT2D eigenvalue weighted by Gasteiger charge is -2.47. The number of benzene rings is 1. The summed E-state index contributed by atoms with van der Waals surface area (Å²) >= 11 is 0. The molecule has 0 bridgehead atoms. The van der Waals surface area contributed by atoms with E-state index in [-0.39, 0.29) is 16.1 Å². The molecule has 1 saturated carbocycles. The first-order chi connectivity index (χ1) is 9.27. The van der Waals surface area contributed by atoms with Crippen LogP contribution in [-0.2, 0) is 10.0 Å². The van der Waals surface area contributed by atoms with Gasteiger partial charge in [-0.1, -0.05) is 0 Å². The number of nitrogens with two attached hydrogens (primary N) is 1. The molecule has 0 radical (unpaired) electrons. The predicted octanol–water partition coefficient (Wildman–Crippen LogP) is 1.17. The Morgan fingerprint density at radius 1 is 1.40 bits per heavy atom. The van der Waals surface area contributed by atoms with Crippen LogP contribution in [0.1, 0.15) is 19.3 Å². The number of anilines is 1. The molecule has 1 aromatic carbocycles. The Morgan fingerprint density at radius 2 is 2.05 bits per heavy atom. The van der Waals surface area contributed by atoms with Gasteiger partial charge in [-0.3, -0.25) is 0 Å². The van der Waals surface area contributed by atoms with Crippen LogP contribution in [0, 0.1) is 5.82 Å². The lowest BCUT2D eigenvalue weighted by atomic mass is 9.76. The largest absolute Gasteiger partial charge is 0.398 e. The predicted molar refractivity (Wildman–Crippen MR) is 76.3 cm³/mol. The van der Waals surface area contributed by atoms with Gasteiger partial charge in [0.15, 0.2) is 0 Å². The summed E-state index contributed by atoms with van der Waals surface area (Å²) < 4.78 is 40.2. The van der Waals surface area contributed by atoms with E-state index in [1.54, 1.807) is 0 Å². The number of nitrogens with zero attached hydrogens (tertiary/aromatic N) is 1. The van der Waals surface area contributed by atoms with Crippen LogP contribution < -0.4 is 10.5 Å². The second-order valence-corrected chi connectivity index (χ2v) is 7.21. The van der Waals surface area contributed by atoms with Gasteiger partial charge in [0.2, 0.25) is 10.0 Å². The van der Waals surface area contributed by atoms with Gasteiger partial charge in [-0.2, -0.15) is 0 Å². The highest BCUT2D eigenvalue weighted by molar-refractivity contribution is 7.89. The third-order valence-electron chi connectivity index (χ3n) is 4.09. The minimum Gasteiger partial charge on any atom is -0.398 e.